The van der Waals surface area contributed by atoms with E-state index in [1.54, 1.807) is 10.9 Å². The summed E-state index contributed by atoms with van der Waals surface area (Å²) in [6.07, 6.45) is 9.86. The second-order valence-corrected chi connectivity index (χ2v) is 5.24. The molecule has 0 radical (unpaired) electrons. The van der Waals surface area contributed by atoms with Crippen LogP contribution >= 0.6 is 0 Å². The zero-order valence-electron chi connectivity index (χ0n) is 13.5. The molecule has 4 nitrogen and oxygen atoms in total. The lowest BCUT2D eigenvalue weighted by atomic mass is 10.1. The first-order valence-corrected chi connectivity index (χ1v) is 7.90. The Kier molecular flexibility index (Phi) is 6.36. The molecule has 0 aliphatic rings. The maximum atomic E-state index is 12.5. The molecule has 0 spiro atoms. The zero-order chi connectivity index (χ0) is 16.5. The topological polar surface area (TPSA) is 50.1 Å². The lowest BCUT2D eigenvalue weighted by Gasteiger charge is -2.00. The van der Waals surface area contributed by atoms with Crippen molar-refractivity contribution < 1.29 is 0 Å². The molecule has 0 unspecified atom stereocenters. The molecule has 2 rings (SSSR count). The molecule has 0 amide bonds. The number of nitrogens with zero attached hydrogens (tertiary/aromatic N) is 2. The molecule has 1 N–H and O–H groups in total. The summed E-state index contributed by atoms with van der Waals surface area (Å²) in [6, 6.07) is 9.94. The van der Waals surface area contributed by atoms with Crippen molar-refractivity contribution in [3.05, 3.63) is 71.1 Å². The molecular formula is C19H23N3O. The molecule has 0 fully saturated rings. The van der Waals surface area contributed by atoms with Crippen molar-refractivity contribution in [2.24, 2.45) is 4.99 Å². The molecule has 4 heteroatoms. The van der Waals surface area contributed by atoms with Crippen molar-refractivity contribution in [2.45, 2.75) is 32.9 Å². The molecule has 23 heavy (non-hydrogen) atoms. The van der Waals surface area contributed by atoms with Crippen molar-refractivity contribution in [3.8, 4) is 11.3 Å². The minimum absolute atomic E-state index is 0.0120. The minimum atomic E-state index is 0.0120. The van der Waals surface area contributed by atoms with E-state index < -0.39 is 0 Å². The third-order valence-electron chi connectivity index (χ3n) is 3.47. The number of H-pyrrole nitrogens is 1. The van der Waals surface area contributed by atoms with Gasteiger partial charge in [0.1, 0.15) is 6.67 Å². The van der Waals surface area contributed by atoms with Crippen LogP contribution in [0.4, 0.5) is 0 Å². The van der Waals surface area contributed by atoms with Crippen LogP contribution in [0.2, 0.25) is 0 Å². The van der Waals surface area contributed by atoms with Gasteiger partial charge in [0.2, 0.25) is 0 Å². The standard InChI is InChI=1S/C19H23N3O/c1-3-5-6-10-14-20-15-22-19(23)17(11-4-2)18(21-22)16-12-8-7-9-13-16/h3,6-10,12-14,21H,1,4-5,11,15H2,2H3/b10-6-,20-14?. The number of aliphatic imine (C=N–C) groups is 1. The van der Waals surface area contributed by atoms with E-state index >= 15 is 0 Å². The fourth-order valence-corrected chi connectivity index (χ4v) is 2.37. The molecule has 1 aromatic heterocycles. The van der Waals surface area contributed by atoms with Gasteiger partial charge in [-0.1, -0.05) is 55.8 Å². The maximum Gasteiger partial charge on any atom is 0.272 e. The summed E-state index contributed by atoms with van der Waals surface area (Å²) >= 11 is 0. The Morgan fingerprint density at radius 1 is 1.30 bits per heavy atom. The van der Waals surface area contributed by atoms with Crippen LogP contribution in [0, 0.1) is 0 Å². The van der Waals surface area contributed by atoms with Gasteiger partial charge in [0.25, 0.3) is 5.56 Å². The molecule has 0 atom stereocenters. The van der Waals surface area contributed by atoms with Crippen LogP contribution in [0.15, 0.2) is 64.9 Å². The Hall–Kier alpha value is -2.62. The Bertz CT molecular complexity index is 736. The third kappa shape index (κ3) is 4.42. The smallest absolute Gasteiger partial charge is 0.272 e. The van der Waals surface area contributed by atoms with Crippen molar-refractivity contribution in [1.82, 2.24) is 9.78 Å². The Morgan fingerprint density at radius 3 is 2.78 bits per heavy atom. The van der Waals surface area contributed by atoms with Gasteiger partial charge in [0, 0.05) is 11.8 Å². The van der Waals surface area contributed by atoms with Crippen molar-refractivity contribution in [3.63, 3.8) is 0 Å². The van der Waals surface area contributed by atoms with Crippen LogP contribution in [-0.4, -0.2) is 16.0 Å². The molecule has 0 saturated heterocycles. The summed E-state index contributed by atoms with van der Waals surface area (Å²) in [4.78, 5) is 16.8. The van der Waals surface area contributed by atoms with E-state index in [1.807, 2.05) is 48.6 Å². The van der Waals surface area contributed by atoms with Crippen molar-refractivity contribution >= 4 is 6.21 Å². The summed E-state index contributed by atoms with van der Waals surface area (Å²) in [5, 5.41) is 3.20. The number of hydrogen-bond donors (Lipinski definition) is 1. The number of benzene rings is 1. The van der Waals surface area contributed by atoms with Crippen LogP contribution < -0.4 is 5.56 Å². The van der Waals surface area contributed by atoms with Crippen molar-refractivity contribution in [2.75, 3.05) is 0 Å². The van der Waals surface area contributed by atoms with Gasteiger partial charge in [0.15, 0.2) is 0 Å². The highest BCUT2D eigenvalue weighted by atomic mass is 16.1. The van der Waals surface area contributed by atoms with E-state index in [9.17, 15) is 4.79 Å². The monoisotopic (exact) mass is 309 g/mol. The summed E-state index contributed by atoms with van der Waals surface area (Å²) in [5.41, 5.74) is 2.77. The minimum Gasteiger partial charge on any atom is -0.293 e. The quantitative estimate of drug-likeness (QED) is 0.582. The molecule has 120 valence electrons. The average Bonchev–Trinajstić information content (AvgIpc) is 2.89. The molecule has 0 aliphatic heterocycles. The van der Waals surface area contributed by atoms with Crippen LogP contribution in [0.1, 0.15) is 25.3 Å². The SMILES string of the molecule is C=CC/C=C\C=NCn1[nH]c(-c2ccccc2)c(CCC)c1=O. The van der Waals surface area contributed by atoms with Gasteiger partial charge < -0.3 is 0 Å². The number of aromatic amines is 1. The van der Waals surface area contributed by atoms with Crippen LogP contribution in [0.3, 0.4) is 0 Å². The second-order valence-electron chi connectivity index (χ2n) is 5.24. The number of rotatable bonds is 8. The van der Waals surface area contributed by atoms with Gasteiger partial charge in [-0.25, -0.2) is 4.68 Å². The highest BCUT2D eigenvalue weighted by molar-refractivity contribution is 5.70. The predicted molar refractivity (Wildman–Crippen MR) is 96.9 cm³/mol. The lowest BCUT2D eigenvalue weighted by Crippen LogP contribution is -2.18. The molecular weight excluding hydrogens is 286 g/mol. The number of aromatic nitrogens is 2. The molecule has 0 bridgehead atoms. The highest BCUT2D eigenvalue weighted by Gasteiger charge is 2.14. The van der Waals surface area contributed by atoms with Gasteiger partial charge in [0.05, 0.1) is 5.69 Å². The molecule has 1 heterocycles. The van der Waals surface area contributed by atoms with Crippen molar-refractivity contribution in [1.29, 1.82) is 0 Å². The van der Waals surface area contributed by atoms with Gasteiger partial charge >= 0.3 is 0 Å². The van der Waals surface area contributed by atoms with Crippen LogP contribution in [-0.2, 0) is 13.1 Å². The van der Waals surface area contributed by atoms with E-state index in [2.05, 4.69) is 23.6 Å². The Balaban J connectivity index is 2.24. The predicted octanol–water partition coefficient (Wildman–Crippen LogP) is 3.96. The number of allylic oxidation sites excluding steroid dienone is 3. The fourth-order valence-electron chi connectivity index (χ4n) is 2.37. The van der Waals surface area contributed by atoms with E-state index in [4.69, 9.17) is 0 Å². The summed E-state index contributed by atoms with van der Waals surface area (Å²) < 4.78 is 1.56. The zero-order valence-corrected chi connectivity index (χ0v) is 13.5. The molecule has 0 aliphatic carbocycles. The van der Waals surface area contributed by atoms with E-state index in [0.717, 1.165) is 36.1 Å². The Labute approximate surface area is 136 Å². The summed E-state index contributed by atoms with van der Waals surface area (Å²) in [6.45, 7) is 6.02. The number of nitrogens with one attached hydrogen (secondary N) is 1. The van der Waals surface area contributed by atoms with Crippen LogP contribution in [0.25, 0.3) is 11.3 Å². The van der Waals surface area contributed by atoms with Crippen LogP contribution in [0.5, 0.6) is 0 Å². The third-order valence-corrected chi connectivity index (χ3v) is 3.47. The lowest BCUT2D eigenvalue weighted by molar-refractivity contribution is 0.621. The maximum absolute atomic E-state index is 12.5. The molecule has 1 aromatic carbocycles. The first-order valence-electron chi connectivity index (χ1n) is 7.90. The van der Waals surface area contributed by atoms with E-state index in [1.165, 1.54) is 0 Å². The summed E-state index contributed by atoms with van der Waals surface area (Å²) in [7, 11) is 0. The van der Waals surface area contributed by atoms with E-state index in [-0.39, 0.29) is 5.56 Å². The fraction of sp³-hybridized carbons (Fsp3) is 0.263. The largest absolute Gasteiger partial charge is 0.293 e. The first-order chi connectivity index (χ1) is 11.3. The highest BCUT2D eigenvalue weighted by Crippen LogP contribution is 2.20. The van der Waals surface area contributed by atoms with Gasteiger partial charge in [-0.3, -0.25) is 14.9 Å². The second kappa shape index (κ2) is 8.73. The van der Waals surface area contributed by atoms with Gasteiger partial charge in [-0.2, -0.15) is 0 Å². The Morgan fingerprint density at radius 2 is 2.09 bits per heavy atom. The molecule has 2 aromatic rings. The first kappa shape index (κ1) is 16.7. The van der Waals surface area contributed by atoms with E-state index in [0.29, 0.717) is 6.67 Å². The number of hydrogen-bond acceptors (Lipinski definition) is 2. The van der Waals surface area contributed by atoms with Gasteiger partial charge in [-0.15, -0.1) is 6.58 Å². The summed E-state index contributed by atoms with van der Waals surface area (Å²) in [5.74, 6) is 0. The molecule has 0 saturated carbocycles. The van der Waals surface area contributed by atoms with Gasteiger partial charge in [-0.05, 0) is 24.5 Å². The average molecular weight is 309 g/mol. The normalized spacial score (nSPS) is 11.5.